The molecule has 0 saturated carbocycles. The molecule has 1 aliphatic heterocycles. The Morgan fingerprint density at radius 3 is 2.47 bits per heavy atom. The summed E-state index contributed by atoms with van der Waals surface area (Å²) < 4.78 is 15.6. The van der Waals surface area contributed by atoms with Gasteiger partial charge in [-0.15, -0.1) is 0 Å². The summed E-state index contributed by atoms with van der Waals surface area (Å²) in [6.07, 6.45) is -7.40. The van der Waals surface area contributed by atoms with Gasteiger partial charge in [-0.3, -0.25) is 9.59 Å². The van der Waals surface area contributed by atoms with E-state index in [0.29, 0.717) is 10.9 Å². The maximum Gasteiger partial charge on any atom is 0.337 e. The molecule has 1 aromatic carbocycles. The van der Waals surface area contributed by atoms with Crippen LogP contribution < -0.4 is 4.74 Å². The normalized spacial score (nSPS) is 26.3. The van der Waals surface area contributed by atoms with E-state index in [0.717, 1.165) is 0 Å². The number of esters is 1. The van der Waals surface area contributed by atoms with E-state index in [1.807, 2.05) is 0 Å². The van der Waals surface area contributed by atoms with Crippen molar-refractivity contribution in [1.82, 2.24) is 4.98 Å². The van der Waals surface area contributed by atoms with Crippen LogP contribution in [0.2, 0.25) is 0 Å². The number of H-pyrrole nitrogens is 1. The summed E-state index contributed by atoms with van der Waals surface area (Å²) in [5.74, 6) is -3.52. The number of aliphatic hydroxyl groups excluding tert-OH is 3. The Hall–Kier alpha value is -3.19. The van der Waals surface area contributed by atoms with E-state index in [-0.39, 0.29) is 11.3 Å². The van der Waals surface area contributed by atoms with Gasteiger partial charge < -0.3 is 44.7 Å². The first-order valence-corrected chi connectivity index (χ1v) is 8.75. The molecule has 1 aromatic heterocycles. The molecule has 5 atom stereocenters. The number of ether oxygens (including phenoxy) is 3. The van der Waals surface area contributed by atoms with Crippen LogP contribution in [0.25, 0.3) is 10.9 Å². The third-order valence-corrected chi connectivity index (χ3v) is 4.51. The largest absolute Gasteiger partial charge is 0.481 e. The zero-order chi connectivity index (χ0) is 22.0. The minimum absolute atomic E-state index is 0.000706. The number of carbonyl (C=O) groups excluding carboxylic acids is 1. The molecule has 2 heterocycles. The lowest BCUT2D eigenvalue weighted by atomic mass is 9.99. The SMILES string of the molecule is O=C(O)CC(=O)OCC1OC(Oc2ccc3[nH]cc(C(=O)O)c3c2)C(O)C(O)C1O. The van der Waals surface area contributed by atoms with Gasteiger partial charge in [0.15, 0.2) is 0 Å². The van der Waals surface area contributed by atoms with Gasteiger partial charge in [-0.1, -0.05) is 0 Å². The lowest BCUT2D eigenvalue weighted by Crippen LogP contribution is -2.60. The summed E-state index contributed by atoms with van der Waals surface area (Å²) in [7, 11) is 0. The molecule has 0 aliphatic carbocycles. The first kappa shape index (κ1) is 21.5. The van der Waals surface area contributed by atoms with Gasteiger partial charge in [-0.05, 0) is 18.2 Å². The molecule has 30 heavy (non-hydrogen) atoms. The van der Waals surface area contributed by atoms with E-state index >= 15 is 0 Å². The van der Waals surface area contributed by atoms with Crippen LogP contribution in [0.15, 0.2) is 24.4 Å². The monoisotopic (exact) mass is 425 g/mol. The first-order valence-electron chi connectivity index (χ1n) is 8.75. The Kier molecular flexibility index (Phi) is 6.22. The molecule has 2 aromatic rings. The third kappa shape index (κ3) is 4.52. The van der Waals surface area contributed by atoms with Crippen molar-refractivity contribution < 1.29 is 54.1 Å². The van der Waals surface area contributed by atoms with E-state index in [4.69, 9.17) is 19.3 Å². The predicted molar refractivity (Wildman–Crippen MR) is 95.8 cm³/mol. The lowest BCUT2D eigenvalue weighted by Gasteiger charge is -2.39. The Morgan fingerprint density at radius 1 is 1.07 bits per heavy atom. The molecule has 0 amide bonds. The summed E-state index contributed by atoms with van der Waals surface area (Å²) >= 11 is 0. The van der Waals surface area contributed by atoms with Crippen LogP contribution in [-0.4, -0.2) is 85.7 Å². The highest BCUT2D eigenvalue weighted by atomic mass is 16.7. The van der Waals surface area contributed by atoms with E-state index < -0.39 is 61.6 Å². The van der Waals surface area contributed by atoms with Crippen molar-refractivity contribution in [2.24, 2.45) is 0 Å². The summed E-state index contributed by atoms with van der Waals surface area (Å²) in [5.41, 5.74) is 0.530. The second-order valence-corrected chi connectivity index (χ2v) is 6.60. The number of aromatic nitrogens is 1. The molecular weight excluding hydrogens is 406 g/mol. The Bertz CT molecular complexity index is 955. The fraction of sp³-hybridized carbons (Fsp3) is 0.389. The van der Waals surface area contributed by atoms with Crippen LogP contribution in [-0.2, 0) is 19.1 Å². The number of fused-ring (bicyclic) bond motifs is 1. The molecule has 5 unspecified atom stereocenters. The van der Waals surface area contributed by atoms with Crippen molar-refractivity contribution in [3.63, 3.8) is 0 Å². The van der Waals surface area contributed by atoms with Gasteiger partial charge in [-0.2, -0.15) is 0 Å². The molecule has 1 saturated heterocycles. The maximum absolute atomic E-state index is 11.4. The number of aromatic amines is 1. The van der Waals surface area contributed by atoms with Crippen LogP contribution >= 0.6 is 0 Å². The molecule has 12 nitrogen and oxygen atoms in total. The zero-order valence-corrected chi connectivity index (χ0v) is 15.3. The Morgan fingerprint density at radius 2 is 1.80 bits per heavy atom. The van der Waals surface area contributed by atoms with Crippen LogP contribution in [0.4, 0.5) is 0 Å². The van der Waals surface area contributed by atoms with Crippen molar-refractivity contribution in [2.45, 2.75) is 37.1 Å². The molecule has 162 valence electrons. The predicted octanol–water partition coefficient (Wildman–Crippen LogP) is -0.930. The minimum Gasteiger partial charge on any atom is -0.481 e. The fourth-order valence-corrected chi connectivity index (χ4v) is 2.99. The number of carboxylic acids is 2. The van der Waals surface area contributed by atoms with Gasteiger partial charge in [0.2, 0.25) is 6.29 Å². The standard InChI is InChI=1S/C18H19NO11/c20-12(21)4-13(22)28-6-11-14(23)15(24)16(25)18(30-11)29-7-1-2-10-8(3-7)9(5-19-10)17(26)27/h1-3,5,11,14-16,18-19,23-25H,4,6H2,(H,20,21)(H,26,27). The molecule has 0 radical (unpaired) electrons. The highest BCUT2D eigenvalue weighted by Gasteiger charge is 2.45. The topological polar surface area (TPSA) is 196 Å². The minimum atomic E-state index is -1.71. The average molecular weight is 425 g/mol. The quantitative estimate of drug-likeness (QED) is 0.237. The molecule has 0 bridgehead atoms. The van der Waals surface area contributed by atoms with Crippen LogP contribution in [0.3, 0.4) is 0 Å². The zero-order valence-electron chi connectivity index (χ0n) is 15.3. The van der Waals surface area contributed by atoms with Gasteiger partial charge in [0.05, 0.1) is 5.56 Å². The fourth-order valence-electron chi connectivity index (χ4n) is 2.99. The number of carbonyl (C=O) groups is 3. The number of rotatable bonds is 7. The van der Waals surface area contributed by atoms with Crippen molar-refractivity contribution in [2.75, 3.05) is 6.61 Å². The molecular formula is C18H19NO11. The summed E-state index contributed by atoms with van der Waals surface area (Å²) in [6, 6.07) is 4.41. The van der Waals surface area contributed by atoms with Crippen molar-refractivity contribution in [3.8, 4) is 5.75 Å². The number of hydrogen-bond acceptors (Lipinski definition) is 9. The van der Waals surface area contributed by atoms with Gasteiger partial charge in [-0.25, -0.2) is 4.79 Å². The highest BCUT2D eigenvalue weighted by Crippen LogP contribution is 2.28. The van der Waals surface area contributed by atoms with Gasteiger partial charge in [0.25, 0.3) is 0 Å². The average Bonchev–Trinajstić information content (AvgIpc) is 3.10. The number of nitrogens with one attached hydrogen (secondary N) is 1. The van der Waals surface area contributed by atoms with Crippen molar-refractivity contribution >= 4 is 28.8 Å². The van der Waals surface area contributed by atoms with Crippen LogP contribution in [0.5, 0.6) is 5.75 Å². The number of hydrogen-bond donors (Lipinski definition) is 6. The van der Waals surface area contributed by atoms with Gasteiger partial charge in [0.1, 0.15) is 43.2 Å². The van der Waals surface area contributed by atoms with E-state index in [9.17, 15) is 34.8 Å². The third-order valence-electron chi connectivity index (χ3n) is 4.51. The number of benzene rings is 1. The Labute approximate surface area is 168 Å². The number of carboxylic acid groups (broad SMARTS) is 2. The second-order valence-electron chi connectivity index (χ2n) is 6.60. The van der Waals surface area contributed by atoms with Crippen LogP contribution in [0, 0.1) is 0 Å². The number of aromatic carboxylic acids is 1. The van der Waals surface area contributed by atoms with E-state index in [1.165, 1.54) is 18.3 Å². The molecule has 1 fully saturated rings. The molecule has 12 heteroatoms. The van der Waals surface area contributed by atoms with E-state index in [1.54, 1.807) is 6.07 Å². The molecule has 0 spiro atoms. The van der Waals surface area contributed by atoms with E-state index in [2.05, 4.69) is 4.98 Å². The number of aliphatic carboxylic acids is 1. The van der Waals surface area contributed by atoms with Crippen molar-refractivity contribution in [1.29, 1.82) is 0 Å². The molecule has 1 aliphatic rings. The first-order chi connectivity index (χ1) is 14.2. The van der Waals surface area contributed by atoms with Crippen LogP contribution in [0.1, 0.15) is 16.8 Å². The second kappa shape index (κ2) is 8.67. The lowest BCUT2D eigenvalue weighted by molar-refractivity contribution is -0.278. The van der Waals surface area contributed by atoms with Crippen molar-refractivity contribution in [3.05, 3.63) is 30.0 Å². The Balaban J connectivity index is 1.73. The summed E-state index contributed by atoms with van der Waals surface area (Å²) in [5, 5.41) is 48.4. The molecule has 6 N–H and O–H groups in total. The molecule has 3 rings (SSSR count). The van der Waals surface area contributed by atoms with Gasteiger partial charge >= 0.3 is 17.9 Å². The summed E-state index contributed by atoms with van der Waals surface area (Å²) in [6.45, 7) is -0.586. The number of aliphatic hydroxyl groups is 3. The smallest absolute Gasteiger partial charge is 0.337 e. The highest BCUT2D eigenvalue weighted by molar-refractivity contribution is 6.03. The summed E-state index contributed by atoms with van der Waals surface area (Å²) in [4.78, 5) is 35.9. The van der Waals surface area contributed by atoms with Gasteiger partial charge in [0, 0.05) is 17.1 Å². The maximum atomic E-state index is 11.4.